The number of benzene rings is 2. The number of ether oxygens (including phenoxy) is 1. The highest BCUT2D eigenvalue weighted by atomic mass is 32.2. The Labute approximate surface area is 222 Å². The largest absolute Gasteiger partial charge is 0.424 e. The zero-order valence-electron chi connectivity index (χ0n) is 23.4. The maximum Gasteiger partial charge on any atom is 0.316 e. The van der Waals surface area contributed by atoms with Crippen LogP contribution in [0.15, 0.2) is 35.2 Å². The molecule has 0 heterocycles. The number of hydrogen-bond donors (Lipinski definition) is 1. The lowest BCUT2D eigenvalue weighted by Crippen LogP contribution is -2.32. The van der Waals surface area contributed by atoms with Gasteiger partial charge in [-0.3, -0.25) is 13.8 Å². The van der Waals surface area contributed by atoms with Gasteiger partial charge >= 0.3 is 5.97 Å². The van der Waals surface area contributed by atoms with Crippen LogP contribution < -0.4 is 10.1 Å². The zero-order chi connectivity index (χ0) is 27.9. The summed E-state index contributed by atoms with van der Waals surface area (Å²) in [5, 5.41) is 3.78. The Balaban J connectivity index is 2.61. The molecule has 206 valence electrons. The molecule has 0 saturated carbocycles. The fourth-order valence-corrected chi connectivity index (χ4v) is 5.05. The van der Waals surface area contributed by atoms with Crippen molar-refractivity contribution in [1.82, 2.24) is 0 Å². The van der Waals surface area contributed by atoms with Crippen LogP contribution in [0, 0.1) is 10.8 Å². The van der Waals surface area contributed by atoms with E-state index >= 15 is 0 Å². The van der Waals surface area contributed by atoms with Crippen LogP contribution in [-0.2, 0) is 23.9 Å². The third-order valence-electron chi connectivity index (χ3n) is 6.88. The third kappa shape index (κ3) is 7.77. The lowest BCUT2D eigenvalue weighted by atomic mass is 9.86. The van der Waals surface area contributed by atoms with Gasteiger partial charge in [0, 0.05) is 22.3 Å². The number of carbonyl (C=O) groups is 2. The molecule has 1 N–H and O–H groups in total. The highest BCUT2D eigenvalue weighted by molar-refractivity contribution is 7.87. The zero-order valence-corrected chi connectivity index (χ0v) is 24.2. The first-order chi connectivity index (χ1) is 17.3. The van der Waals surface area contributed by atoms with Gasteiger partial charge in [0.2, 0.25) is 5.91 Å². The lowest BCUT2D eigenvalue weighted by Gasteiger charge is -2.26. The van der Waals surface area contributed by atoms with Gasteiger partial charge in [0.15, 0.2) is 5.75 Å². The van der Waals surface area contributed by atoms with Crippen LogP contribution >= 0.6 is 0 Å². The van der Waals surface area contributed by atoms with E-state index in [-0.39, 0.29) is 22.2 Å². The summed E-state index contributed by atoms with van der Waals surface area (Å²) in [6.45, 7) is 11.6. The van der Waals surface area contributed by atoms with Crippen molar-refractivity contribution >= 4 is 38.5 Å². The number of hydrogen-bond acceptors (Lipinski definition) is 6. The maximum absolute atomic E-state index is 13.4. The van der Waals surface area contributed by atoms with E-state index in [1.54, 1.807) is 24.3 Å². The molecule has 8 heteroatoms. The van der Waals surface area contributed by atoms with Crippen molar-refractivity contribution in [3.8, 4) is 5.75 Å². The Morgan fingerprint density at radius 3 is 2.05 bits per heavy atom. The summed E-state index contributed by atoms with van der Waals surface area (Å²) >= 11 is 0. The number of carbonyl (C=O) groups excluding carboxylic acids is 2. The quantitative estimate of drug-likeness (QED) is 0.119. The third-order valence-corrected chi connectivity index (χ3v) is 8.19. The molecule has 2 aromatic rings. The predicted molar refractivity (Wildman–Crippen MR) is 148 cm³/mol. The number of fused-ring (bicyclic) bond motifs is 1. The molecule has 0 aliphatic rings. The van der Waals surface area contributed by atoms with Crippen LogP contribution in [0.1, 0.15) is 92.9 Å². The van der Waals surface area contributed by atoms with Crippen LogP contribution in [0.4, 0.5) is 5.69 Å². The molecule has 0 aliphatic heterocycles. The number of anilines is 1. The second-order valence-corrected chi connectivity index (χ2v) is 12.6. The van der Waals surface area contributed by atoms with Crippen LogP contribution in [0.2, 0.25) is 0 Å². The number of nitrogens with one attached hydrogen (secondary N) is 1. The van der Waals surface area contributed by atoms with Crippen molar-refractivity contribution in [2.45, 2.75) is 97.8 Å². The minimum atomic E-state index is -4.13. The predicted octanol–water partition coefficient (Wildman–Crippen LogP) is 7.23. The molecule has 0 radical (unpaired) electrons. The van der Waals surface area contributed by atoms with Gasteiger partial charge in [-0.05, 0) is 26.7 Å². The number of esters is 1. The first kappa shape index (κ1) is 30.8. The molecule has 0 aliphatic carbocycles. The van der Waals surface area contributed by atoms with Crippen molar-refractivity contribution in [3.63, 3.8) is 0 Å². The molecule has 0 spiro atoms. The van der Waals surface area contributed by atoms with Gasteiger partial charge in [0.25, 0.3) is 10.1 Å². The first-order valence-corrected chi connectivity index (χ1v) is 14.6. The number of unbranched alkanes of at least 4 members (excludes halogenated alkanes) is 4. The lowest BCUT2D eigenvalue weighted by molar-refractivity contribution is -0.144. The van der Waals surface area contributed by atoms with E-state index in [9.17, 15) is 18.0 Å². The molecular weight excluding hydrogens is 490 g/mol. The van der Waals surface area contributed by atoms with Gasteiger partial charge < -0.3 is 10.1 Å². The average molecular weight is 534 g/mol. The molecule has 0 aromatic heterocycles. The SMILES string of the molecule is CCCCCCC(C)(C)C(=O)Oc1cc(S(=O)(=O)OC)c2ccccc2c1NC(=O)C(C)(C)CCCC. The van der Waals surface area contributed by atoms with Crippen LogP contribution in [0.25, 0.3) is 10.8 Å². The monoisotopic (exact) mass is 533 g/mol. The number of amides is 1. The second kappa shape index (κ2) is 12.9. The summed E-state index contributed by atoms with van der Waals surface area (Å²) < 4.78 is 36.3. The average Bonchev–Trinajstić information content (AvgIpc) is 2.86. The second-order valence-electron chi connectivity index (χ2n) is 10.9. The molecule has 0 fully saturated rings. The highest BCUT2D eigenvalue weighted by Crippen LogP contribution is 2.41. The van der Waals surface area contributed by atoms with E-state index in [2.05, 4.69) is 19.2 Å². The molecule has 0 saturated heterocycles. The van der Waals surface area contributed by atoms with E-state index in [1.165, 1.54) is 6.07 Å². The van der Waals surface area contributed by atoms with Crippen molar-refractivity contribution in [1.29, 1.82) is 0 Å². The molecule has 37 heavy (non-hydrogen) atoms. The van der Waals surface area contributed by atoms with Gasteiger partial charge in [-0.15, -0.1) is 0 Å². The van der Waals surface area contributed by atoms with Crippen molar-refractivity contribution < 1.29 is 26.9 Å². The molecule has 0 atom stereocenters. The summed E-state index contributed by atoms with van der Waals surface area (Å²) in [7, 11) is -3.04. The molecule has 0 unspecified atom stereocenters. The Morgan fingerprint density at radius 2 is 1.46 bits per heavy atom. The van der Waals surface area contributed by atoms with Crippen LogP contribution in [0.3, 0.4) is 0 Å². The fraction of sp³-hybridized carbons (Fsp3) is 0.586. The van der Waals surface area contributed by atoms with Gasteiger partial charge in [0.05, 0.1) is 18.2 Å². The smallest absolute Gasteiger partial charge is 0.316 e. The number of rotatable bonds is 14. The molecule has 2 rings (SSSR count). The Kier molecular flexibility index (Phi) is 10.7. The van der Waals surface area contributed by atoms with E-state index in [4.69, 9.17) is 8.92 Å². The van der Waals surface area contributed by atoms with Crippen molar-refractivity contribution in [2.75, 3.05) is 12.4 Å². The molecule has 0 bridgehead atoms. The standard InChI is InChI=1S/C29H43NO6S/c1-8-10-12-15-19-29(5,6)27(32)36-23-20-24(37(33,34)35-7)21-16-13-14-17-22(21)25(23)30-26(31)28(3,4)18-11-9-2/h13-14,16-17,20H,8-12,15,18-19H2,1-7H3,(H,30,31). The van der Waals surface area contributed by atoms with Gasteiger partial charge in [-0.25, -0.2) is 0 Å². The summed E-state index contributed by atoms with van der Waals surface area (Å²) in [5.74, 6) is -0.731. The molecule has 7 nitrogen and oxygen atoms in total. The van der Waals surface area contributed by atoms with Crippen LogP contribution in [0.5, 0.6) is 5.75 Å². The maximum atomic E-state index is 13.4. The van der Waals surface area contributed by atoms with Crippen molar-refractivity contribution in [2.24, 2.45) is 10.8 Å². The van der Waals surface area contributed by atoms with E-state index < -0.39 is 26.9 Å². The van der Waals surface area contributed by atoms with E-state index in [1.807, 2.05) is 27.7 Å². The molecular formula is C29H43NO6S. The Bertz CT molecular complexity index is 1200. The van der Waals surface area contributed by atoms with Crippen molar-refractivity contribution in [3.05, 3.63) is 30.3 Å². The van der Waals surface area contributed by atoms with Crippen LogP contribution in [-0.4, -0.2) is 27.4 Å². The molecule has 2 aromatic carbocycles. The fourth-order valence-electron chi connectivity index (χ4n) is 4.17. The van der Waals surface area contributed by atoms with Gasteiger partial charge in [-0.2, -0.15) is 8.42 Å². The summed E-state index contributed by atoms with van der Waals surface area (Å²) in [6.07, 6.45) is 7.26. The Hall–Kier alpha value is -2.45. The minimum Gasteiger partial charge on any atom is -0.424 e. The normalized spacial score (nSPS) is 12.5. The van der Waals surface area contributed by atoms with E-state index in [0.29, 0.717) is 23.6 Å². The first-order valence-electron chi connectivity index (χ1n) is 13.2. The highest BCUT2D eigenvalue weighted by Gasteiger charge is 2.33. The Morgan fingerprint density at radius 1 is 0.865 bits per heavy atom. The summed E-state index contributed by atoms with van der Waals surface area (Å²) in [5.41, 5.74) is -1.19. The van der Waals surface area contributed by atoms with Gasteiger partial charge in [-0.1, -0.05) is 90.5 Å². The van der Waals surface area contributed by atoms with Gasteiger partial charge in [0.1, 0.15) is 4.90 Å². The minimum absolute atomic E-state index is 0.0133. The topological polar surface area (TPSA) is 98.8 Å². The molecule has 1 amide bonds. The summed E-state index contributed by atoms with van der Waals surface area (Å²) in [6, 6.07) is 8.07. The summed E-state index contributed by atoms with van der Waals surface area (Å²) in [4.78, 5) is 26.6. The van der Waals surface area contributed by atoms with E-state index in [0.717, 1.165) is 45.6 Å².